The summed E-state index contributed by atoms with van der Waals surface area (Å²) in [5.74, 6) is 0.00509. The number of rotatable bonds is 5. The number of thioether (sulfide) groups is 1. The Morgan fingerprint density at radius 2 is 2.11 bits per heavy atom. The number of nitrogens with one attached hydrogen (secondary N) is 1. The number of tetrazole rings is 1. The first-order valence-electron chi connectivity index (χ1n) is 9.52. The molecule has 144 valence electrons. The van der Waals surface area contributed by atoms with Crippen molar-refractivity contribution in [3.63, 3.8) is 0 Å². The zero-order valence-corrected chi connectivity index (χ0v) is 16.8. The van der Waals surface area contributed by atoms with Gasteiger partial charge in [0.2, 0.25) is 11.1 Å². The maximum atomic E-state index is 12.8. The van der Waals surface area contributed by atoms with Crippen LogP contribution in [0.15, 0.2) is 53.7 Å². The molecule has 1 N–H and O–H groups in total. The number of benzene rings is 2. The lowest BCUT2D eigenvalue weighted by molar-refractivity contribution is -0.121. The van der Waals surface area contributed by atoms with Gasteiger partial charge in [-0.2, -0.15) is 4.68 Å². The van der Waals surface area contributed by atoms with Crippen molar-refractivity contribution >= 4 is 17.7 Å². The largest absolute Gasteiger partial charge is 0.348 e. The van der Waals surface area contributed by atoms with Crippen molar-refractivity contribution in [2.24, 2.45) is 0 Å². The van der Waals surface area contributed by atoms with Gasteiger partial charge in [0.25, 0.3) is 0 Å². The third-order valence-corrected chi connectivity index (χ3v) is 6.06. The van der Waals surface area contributed by atoms with Gasteiger partial charge in [0, 0.05) is 0 Å². The molecule has 0 fully saturated rings. The fourth-order valence-electron chi connectivity index (χ4n) is 3.58. The SMILES string of the molecule is Cc1cccc(-n2nnnc2SC(C)C(=O)NC2CCCc3ccccc32)c1. The molecular formula is C21H23N5OS. The molecule has 0 bridgehead atoms. The normalized spacial score (nSPS) is 17.0. The number of hydrogen-bond donors (Lipinski definition) is 1. The van der Waals surface area contributed by atoms with E-state index in [2.05, 4.69) is 39.0 Å². The predicted octanol–water partition coefficient (Wildman–Crippen LogP) is 3.65. The average Bonchev–Trinajstić information content (AvgIpc) is 3.16. The number of hydrogen-bond acceptors (Lipinski definition) is 5. The highest BCUT2D eigenvalue weighted by Crippen LogP contribution is 2.30. The molecule has 7 heteroatoms. The Bertz CT molecular complexity index is 986. The average molecular weight is 394 g/mol. The highest BCUT2D eigenvalue weighted by Gasteiger charge is 2.25. The molecule has 0 saturated heterocycles. The second kappa shape index (κ2) is 8.14. The predicted molar refractivity (Wildman–Crippen MR) is 109 cm³/mol. The van der Waals surface area contributed by atoms with Crippen LogP contribution in [0, 0.1) is 6.92 Å². The van der Waals surface area contributed by atoms with Crippen LogP contribution >= 0.6 is 11.8 Å². The van der Waals surface area contributed by atoms with Crippen LogP contribution in [-0.4, -0.2) is 31.4 Å². The molecule has 2 aromatic carbocycles. The van der Waals surface area contributed by atoms with E-state index in [-0.39, 0.29) is 17.2 Å². The van der Waals surface area contributed by atoms with Crippen LogP contribution in [0.1, 0.15) is 42.5 Å². The minimum Gasteiger partial charge on any atom is -0.348 e. The molecule has 4 rings (SSSR count). The number of carbonyl (C=O) groups is 1. The van der Waals surface area contributed by atoms with Crippen LogP contribution in [0.5, 0.6) is 0 Å². The smallest absolute Gasteiger partial charge is 0.233 e. The molecule has 0 saturated carbocycles. The Balaban J connectivity index is 1.46. The highest BCUT2D eigenvalue weighted by atomic mass is 32.2. The molecule has 2 unspecified atom stereocenters. The summed E-state index contributed by atoms with van der Waals surface area (Å²) >= 11 is 1.37. The topological polar surface area (TPSA) is 72.7 Å². The molecule has 0 aliphatic heterocycles. The summed E-state index contributed by atoms with van der Waals surface area (Å²) in [6.45, 7) is 3.92. The first-order valence-corrected chi connectivity index (χ1v) is 10.4. The second-order valence-electron chi connectivity index (χ2n) is 7.12. The molecule has 6 nitrogen and oxygen atoms in total. The van der Waals surface area contributed by atoms with Crippen molar-refractivity contribution in [1.29, 1.82) is 0 Å². The quantitative estimate of drug-likeness (QED) is 0.670. The Hall–Kier alpha value is -2.67. The minimum absolute atomic E-state index is 0.00509. The van der Waals surface area contributed by atoms with Crippen LogP contribution in [0.4, 0.5) is 0 Å². The van der Waals surface area contributed by atoms with E-state index in [0.29, 0.717) is 5.16 Å². The van der Waals surface area contributed by atoms with Gasteiger partial charge >= 0.3 is 0 Å². The molecule has 1 aromatic heterocycles. The fraction of sp³-hybridized carbons (Fsp3) is 0.333. The Morgan fingerprint density at radius 3 is 2.96 bits per heavy atom. The zero-order chi connectivity index (χ0) is 19.5. The van der Waals surface area contributed by atoms with Gasteiger partial charge in [0.1, 0.15) is 0 Å². The third-order valence-electron chi connectivity index (χ3n) is 5.02. The van der Waals surface area contributed by atoms with Crippen molar-refractivity contribution in [1.82, 2.24) is 25.5 Å². The Labute approximate surface area is 168 Å². The van der Waals surface area contributed by atoms with E-state index >= 15 is 0 Å². The van der Waals surface area contributed by atoms with E-state index in [0.717, 1.165) is 30.5 Å². The molecular weight excluding hydrogens is 370 g/mol. The Kier molecular flexibility index (Phi) is 5.43. The van der Waals surface area contributed by atoms with Gasteiger partial charge in [-0.1, -0.05) is 48.2 Å². The van der Waals surface area contributed by atoms with Crippen molar-refractivity contribution < 1.29 is 4.79 Å². The molecule has 28 heavy (non-hydrogen) atoms. The molecule has 1 amide bonds. The minimum atomic E-state index is -0.302. The molecule has 2 atom stereocenters. The van der Waals surface area contributed by atoms with Crippen molar-refractivity contribution in [3.05, 3.63) is 65.2 Å². The third kappa shape index (κ3) is 3.94. The first kappa shape index (κ1) is 18.7. The molecule has 1 heterocycles. The summed E-state index contributed by atoms with van der Waals surface area (Å²) < 4.78 is 1.68. The molecule has 3 aromatic rings. The lowest BCUT2D eigenvalue weighted by Crippen LogP contribution is -2.36. The van der Waals surface area contributed by atoms with Gasteiger partial charge in [-0.3, -0.25) is 4.79 Å². The van der Waals surface area contributed by atoms with E-state index in [1.165, 1.54) is 22.9 Å². The van der Waals surface area contributed by atoms with Gasteiger partial charge in [-0.05, 0) is 72.4 Å². The van der Waals surface area contributed by atoms with Gasteiger partial charge < -0.3 is 5.32 Å². The van der Waals surface area contributed by atoms with Crippen molar-refractivity contribution in [2.45, 2.75) is 49.6 Å². The van der Waals surface area contributed by atoms with E-state index in [1.54, 1.807) is 4.68 Å². The molecule has 1 aliphatic rings. The molecule has 0 spiro atoms. The van der Waals surface area contributed by atoms with Crippen LogP contribution in [0.2, 0.25) is 0 Å². The van der Waals surface area contributed by atoms with Gasteiger partial charge in [-0.15, -0.1) is 5.10 Å². The van der Waals surface area contributed by atoms with E-state index in [4.69, 9.17) is 0 Å². The van der Waals surface area contributed by atoms with E-state index in [1.807, 2.05) is 44.2 Å². The van der Waals surface area contributed by atoms with E-state index < -0.39 is 0 Å². The fourth-order valence-corrected chi connectivity index (χ4v) is 4.40. The van der Waals surface area contributed by atoms with Crippen molar-refractivity contribution in [2.75, 3.05) is 0 Å². The van der Waals surface area contributed by atoms with Gasteiger partial charge in [0.15, 0.2) is 0 Å². The summed E-state index contributed by atoms with van der Waals surface area (Å²) in [5.41, 5.74) is 4.60. The van der Waals surface area contributed by atoms with Crippen LogP contribution in [-0.2, 0) is 11.2 Å². The second-order valence-corrected chi connectivity index (χ2v) is 8.43. The van der Waals surface area contributed by atoms with Gasteiger partial charge in [0.05, 0.1) is 17.0 Å². The lowest BCUT2D eigenvalue weighted by Gasteiger charge is -2.27. The highest BCUT2D eigenvalue weighted by molar-refractivity contribution is 8.00. The lowest BCUT2D eigenvalue weighted by atomic mass is 9.88. The summed E-state index contributed by atoms with van der Waals surface area (Å²) in [6.07, 6.45) is 3.15. The summed E-state index contributed by atoms with van der Waals surface area (Å²) in [6, 6.07) is 16.4. The van der Waals surface area contributed by atoms with Crippen LogP contribution in [0.25, 0.3) is 5.69 Å². The van der Waals surface area contributed by atoms with Crippen LogP contribution in [0.3, 0.4) is 0 Å². The maximum absolute atomic E-state index is 12.8. The summed E-state index contributed by atoms with van der Waals surface area (Å²) in [4.78, 5) is 12.8. The maximum Gasteiger partial charge on any atom is 0.233 e. The van der Waals surface area contributed by atoms with Crippen LogP contribution < -0.4 is 5.32 Å². The molecule has 0 radical (unpaired) electrons. The first-order chi connectivity index (χ1) is 13.6. The number of aryl methyl sites for hydroxylation is 2. The number of fused-ring (bicyclic) bond motifs is 1. The Morgan fingerprint density at radius 1 is 1.25 bits per heavy atom. The number of carbonyl (C=O) groups excluding carboxylic acids is 1. The number of aromatic nitrogens is 4. The number of amides is 1. The molecule has 1 aliphatic carbocycles. The van der Waals surface area contributed by atoms with E-state index in [9.17, 15) is 4.79 Å². The standard InChI is InChI=1S/C21H23N5OS/c1-14-7-5-10-17(13-14)26-21(23-24-25-26)28-15(2)20(27)22-19-12-6-9-16-8-3-4-11-18(16)19/h3-5,7-8,10-11,13,15,19H,6,9,12H2,1-2H3,(H,22,27). The van der Waals surface area contributed by atoms with Gasteiger partial charge in [-0.25, -0.2) is 0 Å². The zero-order valence-electron chi connectivity index (χ0n) is 16.0. The van der Waals surface area contributed by atoms with Crippen molar-refractivity contribution in [3.8, 4) is 5.69 Å². The summed E-state index contributed by atoms with van der Waals surface area (Å²) in [5, 5.41) is 15.5. The summed E-state index contributed by atoms with van der Waals surface area (Å²) in [7, 11) is 0. The monoisotopic (exact) mass is 393 g/mol. The number of nitrogens with zero attached hydrogens (tertiary/aromatic N) is 4.